The summed E-state index contributed by atoms with van der Waals surface area (Å²) >= 11 is 0. The van der Waals surface area contributed by atoms with E-state index < -0.39 is 6.35 Å². The molecule has 0 spiro atoms. The van der Waals surface area contributed by atoms with E-state index in [4.69, 9.17) is 0 Å². The van der Waals surface area contributed by atoms with Crippen molar-refractivity contribution in [2.45, 2.75) is 6.35 Å². The molecule has 62 valence electrons. The van der Waals surface area contributed by atoms with E-state index in [1.807, 2.05) is 0 Å². The lowest BCUT2D eigenvalue weighted by Crippen LogP contribution is -2.14. The quantitative estimate of drug-likeness (QED) is 0.683. The molecule has 0 bridgehead atoms. The Balaban J connectivity index is 2.27. The third kappa shape index (κ3) is 1.10. The molecule has 2 heterocycles. The van der Waals surface area contributed by atoms with Crippen molar-refractivity contribution in [1.29, 1.82) is 0 Å². The van der Waals surface area contributed by atoms with Crippen LogP contribution in [-0.2, 0) is 0 Å². The van der Waals surface area contributed by atoms with Gasteiger partial charge in [-0.25, -0.2) is 9.97 Å². The van der Waals surface area contributed by atoms with E-state index in [0.717, 1.165) is 0 Å². The molecule has 2 rings (SSSR count). The molecule has 12 heavy (non-hydrogen) atoms. The zero-order chi connectivity index (χ0) is 8.39. The number of hydrogen-bond donors (Lipinski definition) is 1. The normalized spacial score (nSPS) is 10.8. The van der Waals surface area contributed by atoms with E-state index in [1.54, 1.807) is 46.6 Å². The molecule has 0 saturated heterocycles. The second-order valence-electron chi connectivity index (χ2n) is 2.37. The zero-order valence-electron chi connectivity index (χ0n) is 6.28. The monoisotopic (exact) mass is 164 g/mol. The zero-order valence-corrected chi connectivity index (χ0v) is 6.28. The molecule has 0 aliphatic heterocycles. The smallest absolute Gasteiger partial charge is 0.217 e. The van der Waals surface area contributed by atoms with Gasteiger partial charge in [-0.3, -0.25) is 9.13 Å². The maximum Gasteiger partial charge on any atom is 0.217 e. The Morgan fingerprint density at radius 1 is 1.00 bits per heavy atom. The van der Waals surface area contributed by atoms with Crippen LogP contribution in [0.5, 0.6) is 0 Å². The minimum atomic E-state index is -0.755. The van der Waals surface area contributed by atoms with Gasteiger partial charge in [0, 0.05) is 24.8 Å². The molecule has 0 aliphatic rings. The summed E-state index contributed by atoms with van der Waals surface area (Å²) in [5, 5.41) is 9.62. The second-order valence-corrected chi connectivity index (χ2v) is 2.37. The van der Waals surface area contributed by atoms with Gasteiger partial charge < -0.3 is 5.11 Å². The molecule has 0 saturated carbocycles. The van der Waals surface area contributed by atoms with E-state index in [-0.39, 0.29) is 0 Å². The van der Waals surface area contributed by atoms with Gasteiger partial charge in [-0.15, -0.1) is 0 Å². The first-order chi connectivity index (χ1) is 5.88. The van der Waals surface area contributed by atoms with Crippen LogP contribution in [0.4, 0.5) is 0 Å². The minimum absolute atomic E-state index is 0.755. The minimum Gasteiger partial charge on any atom is -0.356 e. The molecule has 0 aromatic carbocycles. The first kappa shape index (κ1) is 7.05. The molecule has 0 amide bonds. The van der Waals surface area contributed by atoms with E-state index in [2.05, 4.69) is 9.97 Å². The molecule has 2 aromatic rings. The molecule has 0 unspecified atom stereocenters. The van der Waals surface area contributed by atoms with Gasteiger partial charge in [0.05, 0.1) is 12.7 Å². The maximum absolute atomic E-state index is 9.62. The van der Waals surface area contributed by atoms with Crippen LogP contribution in [0.1, 0.15) is 6.35 Å². The van der Waals surface area contributed by atoms with E-state index in [9.17, 15) is 5.11 Å². The third-order valence-corrected chi connectivity index (χ3v) is 1.58. The molecule has 0 radical (unpaired) electrons. The number of aromatic nitrogens is 4. The van der Waals surface area contributed by atoms with Gasteiger partial charge in [0.25, 0.3) is 0 Å². The largest absolute Gasteiger partial charge is 0.356 e. The highest BCUT2D eigenvalue weighted by molar-refractivity contribution is 4.81. The predicted octanol–water partition coefficient (Wildman–Crippen LogP) is 0.0763. The van der Waals surface area contributed by atoms with Crippen LogP contribution in [0.15, 0.2) is 37.4 Å². The van der Waals surface area contributed by atoms with Gasteiger partial charge in [0.1, 0.15) is 0 Å². The number of nitrogens with zero attached hydrogens (tertiary/aromatic N) is 4. The van der Waals surface area contributed by atoms with Gasteiger partial charge in [-0.05, 0) is 0 Å². The van der Waals surface area contributed by atoms with Crippen molar-refractivity contribution in [3.8, 4) is 0 Å². The van der Waals surface area contributed by atoms with E-state index >= 15 is 0 Å². The number of aliphatic hydroxyl groups is 1. The summed E-state index contributed by atoms with van der Waals surface area (Å²) < 4.78 is 3.14. The van der Waals surface area contributed by atoms with Crippen molar-refractivity contribution >= 4 is 0 Å². The average molecular weight is 164 g/mol. The summed E-state index contributed by atoms with van der Waals surface area (Å²) in [4.78, 5) is 7.64. The third-order valence-electron chi connectivity index (χ3n) is 1.58. The molecule has 0 atom stereocenters. The Morgan fingerprint density at radius 3 is 1.83 bits per heavy atom. The number of rotatable bonds is 2. The second kappa shape index (κ2) is 2.78. The van der Waals surface area contributed by atoms with Crippen LogP contribution >= 0.6 is 0 Å². The summed E-state index contributed by atoms with van der Waals surface area (Å²) in [6.45, 7) is 0. The molecule has 0 aliphatic carbocycles. The molecule has 5 heteroatoms. The van der Waals surface area contributed by atoms with Gasteiger partial charge in [0.15, 0.2) is 0 Å². The van der Waals surface area contributed by atoms with Crippen molar-refractivity contribution in [3.63, 3.8) is 0 Å². The lowest BCUT2D eigenvalue weighted by molar-refractivity contribution is 0.0732. The summed E-state index contributed by atoms with van der Waals surface area (Å²) in [7, 11) is 0. The van der Waals surface area contributed by atoms with Crippen LogP contribution in [0.25, 0.3) is 0 Å². The number of imidazole rings is 2. The van der Waals surface area contributed by atoms with Crippen molar-refractivity contribution in [2.75, 3.05) is 0 Å². The molecule has 5 nitrogen and oxygen atoms in total. The van der Waals surface area contributed by atoms with Crippen LogP contribution in [0, 0.1) is 0 Å². The maximum atomic E-state index is 9.62. The van der Waals surface area contributed by atoms with E-state index in [1.165, 1.54) is 0 Å². The van der Waals surface area contributed by atoms with Crippen molar-refractivity contribution in [3.05, 3.63) is 37.4 Å². The fraction of sp³-hybridized carbons (Fsp3) is 0.143. The van der Waals surface area contributed by atoms with Crippen molar-refractivity contribution in [2.24, 2.45) is 0 Å². The lowest BCUT2D eigenvalue weighted by Gasteiger charge is -2.11. The first-order valence-electron chi connectivity index (χ1n) is 3.51. The standard InChI is InChI=1S/C7H8N4O/c12-7(10-3-1-8-5-10)11-4-2-9-6-11/h1-7,12H. The predicted molar refractivity (Wildman–Crippen MR) is 41.1 cm³/mol. The SMILES string of the molecule is OC(n1ccnc1)n1ccnc1. The van der Waals surface area contributed by atoms with Crippen molar-refractivity contribution in [1.82, 2.24) is 19.1 Å². The highest BCUT2D eigenvalue weighted by atomic mass is 16.3. The van der Waals surface area contributed by atoms with Gasteiger partial charge in [-0.1, -0.05) is 0 Å². The molecule has 0 fully saturated rings. The topological polar surface area (TPSA) is 55.9 Å². The Labute approximate surface area is 68.9 Å². The van der Waals surface area contributed by atoms with Crippen LogP contribution in [-0.4, -0.2) is 24.2 Å². The molecule has 2 aromatic heterocycles. The summed E-state index contributed by atoms with van der Waals surface area (Å²) in [5.74, 6) is 0. The summed E-state index contributed by atoms with van der Waals surface area (Å²) in [5.41, 5.74) is 0. The van der Waals surface area contributed by atoms with Crippen molar-refractivity contribution < 1.29 is 5.11 Å². The fourth-order valence-corrected chi connectivity index (χ4v) is 0.966. The Bertz CT molecular complexity index is 292. The number of aliphatic hydroxyl groups excluding tert-OH is 1. The van der Waals surface area contributed by atoms with Gasteiger partial charge in [-0.2, -0.15) is 0 Å². The van der Waals surface area contributed by atoms with Gasteiger partial charge >= 0.3 is 0 Å². The lowest BCUT2D eigenvalue weighted by atomic mass is 10.7. The Kier molecular flexibility index (Phi) is 1.64. The first-order valence-corrected chi connectivity index (χ1v) is 3.51. The summed E-state index contributed by atoms with van der Waals surface area (Å²) in [6.07, 6.45) is 8.93. The van der Waals surface area contributed by atoms with Crippen LogP contribution < -0.4 is 0 Å². The Hall–Kier alpha value is -1.62. The molecular weight excluding hydrogens is 156 g/mol. The highest BCUT2D eigenvalue weighted by Gasteiger charge is 2.04. The Morgan fingerprint density at radius 2 is 1.50 bits per heavy atom. The fourth-order valence-electron chi connectivity index (χ4n) is 0.966. The molecule has 1 N–H and O–H groups in total. The highest BCUT2D eigenvalue weighted by Crippen LogP contribution is 2.03. The summed E-state index contributed by atoms with van der Waals surface area (Å²) in [6, 6.07) is 0. The average Bonchev–Trinajstić information content (AvgIpc) is 2.77. The van der Waals surface area contributed by atoms with Crippen LogP contribution in [0.2, 0.25) is 0 Å². The van der Waals surface area contributed by atoms with E-state index in [0.29, 0.717) is 0 Å². The van der Waals surface area contributed by atoms with Crippen LogP contribution in [0.3, 0.4) is 0 Å². The number of hydrogen-bond acceptors (Lipinski definition) is 3. The molecular formula is C7H8N4O. The van der Waals surface area contributed by atoms with Gasteiger partial charge in [0.2, 0.25) is 6.35 Å².